The summed E-state index contributed by atoms with van der Waals surface area (Å²) in [5.41, 5.74) is 1.97. The quantitative estimate of drug-likeness (QED) is 0.450. The number of hydrogen-bond donors (Lipinski definition) is 1. The van der Waals surface area contributed by atoms with Crippen LogP contribution in [0.5, 0.6) is 5.75 Å². The Hall–Kier alpha value is -3.15. The second kappa shape index (κ2) is 11.7. The first-order valence-electron chi connectivity index (χ1n) is 11.2. The summed E-state index contributed by atoms with van der Waals surface area (Å²) in [6.45, 7) is 2.46. The van der Waals surface area contributed by atoms with E-state index in [2.05, 4.69) is 14.6 Å². The molecule has 0 atom stereocenters. The summed E-state index contributed by atoms with van der Waals surface area (Å²) in [5.74, 6) is 0.924. The average Bonchev–Trinajstić information content (AvgIpc) is 2.92. The number of thioether (sulfide) groups is 1. The minimum Gasteiger partial charge on any atom is -0.495 e. The molecular formula is C25H26N4O4S3. The first-order chi connectivity index (χ1) is 17.4. The van der Waals surface area contributed by atoms with Crippen LogP contribution in [-0.4, -0.2) is 66.7 Å². The van der Waals surface area contributed by atoms with Gasteiger partial charge < -0.3 is 14.5 Å². The van der Waals surface area contributed by atoms with Gasteiger partial charge in [0, 0.05) is 55.6 Å². The van der Waals surface area contributed by atoms with Gasteiger partial charge in [0.1, 0.15) is 15.0 Å². The lowest BCUT2D eigenvalue weighted by Crippen LogP contribution is -2.49. The van der Waals surface area contributed by atoms with Gasteiger partial charge in [-0.15, -0.1) is 0 Å². The van der Waals surface area contributed by atoms with Crippen molar-refractivity contribution in [3.63, 3.8) is 0 Å². The Morgan fingerprint density at radius 3 is 2.39 bits per heavy atom. The van der Waals surface area contributed by atoms with Gasteiger partial charge in [-0.25, -0.2) is 8.42 Å². The number of anilines is 1. The summed E-state index contributed by atoms with van der Waals surface area (Å²) in [6, 6.07) is 16.7. The Balaban J connectivity index is 1.31. The van der Waals surface area contributed by atoms with Gasteiger partial charge in [0.05, 0.1) is 7.11 Å². The van der Waals surface area contributed by atoms with E-state index in [1.165, 1.54) is 13.2 Å². The zero-order valence-corrected chi connectivity index (χ0v) is 22.1. The van der Waals surface area contributed by atoms with E-state index in [0.29, 0.717) is 37.4 Å². The first kappa shape index (κ1) is 25.9. The van der Waals surface area contributed by atoms with Gasteiger partial charge in [-0.2, -0.15) is 0 Å². The fourth-order valence-electron chi connectivity index (χ4n) is 3.73. The van der Waals surface area contributed by atoms with Crippen LogP contribution in [0.25, 0.3) is 0 Å². The van der Waals surface area contributed by atoms with Crippen LogP contribution in [-0.2, 0) is 15.8 Å². The molecule has 0 bridgehead atoms. The van der Waals surface area contributed by atoms with Crippen LogP contribution in [0.4, 0.5) is 5.69 Å². The van der Waals surface area contributed by atoms with Crippen LogP contribution >= 0.6 is 24.0 Å². The molecule has 188 valence electrons. The van der Waals surface area contributed by atoms with E-state index >= 15 is 0 Å². The standard InChI is InChI=1S/C25H26N4O4S3/c1-33-22-6-2-3-7-23(22)36(31,32)27-21-10-8-20(9-11-21)24(30)28-13-15-29(16-14-28)25(34)35-18-19-5-4-12-26-17-19/h2-12,17,27H,13-16,18H2,1H3. The molecule has 0 saturated carbocycles. The Morgan fingerprint density at radius 2 is 1.72 bits per heavy atom. The Labute approximate surface area is 220 Å². The number of methoxy groups -OCH3 is 1. The van der Waals surface area contributed by atoms with E-state index in [1.807, 2.05) is 18.3 Å². The molecule has 1 aliphatic heterocycles. The predicted molar refractivity (Wildman–Crippen MR) is 146 cm³/mol. The summed E-state index contributed by atoms with van der Waals surface area (Å²) in [6.07, 6.45) is 3.58. The number of ether oxygens (including phenoxy) is 1. The van der Waals surface area contributed by atoms with E-state index in [9.17, 15) is 13.2 Å². The van der Waals surface area contributed by atoms with Gasteiger partial charge >= 0.3 is 0 Å². The lowest BCUT2D eigenvalue weighted by atomic mass is 10.1. The van der Waals surface area contributed by atoms with Gasteiger partial charge in [0.2, 0.25) is 0 Å². The van der Waals surface area contributed by atoms with E-state index < -0.39 is 10.0 Å². The molecule has 1 aliphatic rings. The van der Waals surface area contributed by atoms with Crippen molar-refractivity contribution in [2.45, 2.75) is 10.6 Å². The molecule has 1 fully saturated rings. The molecule has 4 rings (SSSR count). The predicted octanol–water partition coefficient (Wildman–Crippen LogP) is 3.87. The van der Waals surface area contributed by atoms with Crippen molar-refractivity contribution in [2.75, 3.05) is 38.0 Å². The number of nitrogens with one attached hydrogen (secondary N) is 1. The van der Waals surface area contributed by atoms with Crippen molar-refractivity contribution in [3.05, 3.63) is 84.2 Å². The summed E-state index contributed by atoms with van der Waals surface area (Å²) >= 11 is 7.18. The smallest absolute Gasteiger partial charge is 0.265 e. The highest BCUT2D eigenvalue weighted by Crippen LogP contribution is 2.25. The van der Waals surface area contributed by atoms with Crippen LogP contribution in [0.2, 0.25) is 0 Å². The van der Waals surface area contributed by atoms with Crippen LogP contribution in [0.15, 0.2) is 78.0 Å². The summed E-state index contributed by atoms with van der Waals surface area (Å²) in [5, 5.41) is 0. The maximum Gasteiger partial charge on any atom is 0.265 e. The molecule has 8 nitrogen and oxygen atoms in total. The summed E-state index contributed by atoms with van der Waals surface area (Å²) < 4.78 is 34.1. The lowest BCUT2D eigenvalue weighted by Gasteiger charge is -2.36. The molecule has 0 aliphatic carbocycles. The number of sulfonamides is 1. The highest BCUT2D eigenvalue weighted by Gasteiger charge is 2.24. The van der Waals surface area contributed by atoms with Gasteiger partial charge in [0.15, 0.2) is 0 Å². The molecule has 2 aromatic carbocycles. The Kier molecular flexibility index (Phi) is 8.44. The third-order valence-corrected chi connectivity index (χ3v) is 8.67. The Morgan fingerprint density at radius 1 is 1.03 bits per heavy atom. The molecule has 0 spiro atoms. The van der Waals surface area contributed by atoms with E-state index in [4.69, 9.17) is 17.0 Å². The highest BCUT2D eigenvalue weighted by atomic mass is 32.2. The fourth-order valence-corrected chi connectivity index (χ4v) is 6.14. The molecule has 1 N–H and O–H groups in total. The highest BCUT2D eigenvalue weighted by molar-refractivity contribution is 8.22. The molecule has 0 unspecified atom stereocenters. The number of thiocarbonyl (C=S) groups is 1. The Bertz CT molecular complexity index is 1310. The average molecular weight is 543 g/mol. The van der Waals surface area contributed by atoms with Crippen LogP contribution in [0.3, 0.4) is 0 Å². The van der Waals surface area contributed by atoms with Crippen LogP contribution < -0.4 is 9.46 Å². The largest absolute Gasteiger partial charge is 0.495 e. The summed E-state index contributed by atoms with van der Waals surface area (Å²) in [7, 11) is -2.42. The van der Waals surface area contributed by atoms with Crippen LogP contribution in [0, 0.1) is 0 Å². The normalized spacial score (nSPS) is 13.8. The zero-order chi connectivity index (χ0) is 25.5. The molecular weight excluding hydrogens is 517 g/mol. The third-order valence-electron chi connectivity index (χ3n) is 5.65. The van der Waals surface area contributed by atoms with Crippen molar-refractivity contribution in [1.82, 2.24) is 14.8 Å². The molecule has 2 heterocycles. The number of rotatable bonds is 7. The number of aromatic nitrogens is 1. The number of carbonyl (C=O) groups excluding carboxylic acids is 1. The van der Waals surface area contributed by atoms with Crippen molar-refractivity contribution in [3.8, 4) is 5.75 Å². The molecule has 3 aromatic rings. The third kappa shape index (κ3) is 6.34. The molecule has 36 heavy (non-hydrogen) atoms. The second-order valence-electron chi connectivity index (χ2n) is 8.03. The number of benzene rings is 2. The van der Waals surface area contributed by atoms with E-state index in [-0.39, 0.29) is 16.6 Å². The monoisotopic (exact) mass is 542 g/mol. The first-order valence-corrected chi connectivity index (χ1v) is 14.1. The minimum atomic E-state index is -3.84. The van der Waals surface area contributed by atoms with Gasteiger partial charge in [-0.3, -0.25) is 14.5 Å². The fraction of sp³-hybridized carbons (Fsp3) is 0.240. The van der Waals surface area contributed by atoms with Gasteiger partial charge in [-0.05, 0) is 48.0 Å². The number of pyridine rings is 1. The van der Waals surface area contributed by atoms with Crippen molar-refractivity contribution < 1.29 is 17.9 Å². The molecule has 1 aromatic heterocycles. The number of amides is 1. The minimum absolute atomic E-state index is 0.0436. The number of para-hydroxylation sites is 1. The van der Waals surface area contributed by atoms with Crippen molar-refractivity contribution in [2.24, 2.45) is 0 Å². The SMILES string of the molecule is COc1ccccc1S(=O)(=O)Nc1ccc(C(=O)N2CCN(C(=S)SCc3cccnc3)CC2)cc1. The summed E-state index contributed by atoms with van der Waals surface area (Å²) in [4.78, 5) is 21.1. The van der Waals surface area contributed by atoms with Crippen LogP contribution in [0.1, 0.15) is 15.9 Å². The molecule has 0 radical (unpaired) electrons. The topological polar surface area (TPSA) is 91.8 Å². The number of piperazine rings is 1. The maximum atomic E-state index is 13.0. The van der Waals surface area contributed by atoms with E-state index in [1.54, 1.807) is 65.3 Å². The molecule has 1 saturated heterocycles. The van der Waals surface area contributed by atoms with Gasteiger partial charge in [-0.1, -0.05) is 42.2 Å². The van der Waals surface area contributed by atoms with Gasteiger partial charge in [0.25, 0.3) is 15.9 Å². The van der Waals surface area contributed by atoms with E-state index in [0.717, 1.165) is 15.6 Å². The van der Waals surface area contributed by atoms with Crippen molar-refractivity contribution in [1.29, 1.82) is 0 Å². The number of nitrogens with zero attached hydrogens (tertiary/aromatic N) is 3. The number of hydrogen-bond acceptors (Lipinski definition) is 7. The zero-order valence-electron chi connectivity index (χ0n) is 19.7. The maximum absolute atomic E-state index is 13.0. The molecule has 1 amide bonds. The molecule has 11 heteroatoms. The van der Waals surface area contributed by atoms with Crippen molar-refractivity contribution >= 4 is 49.9 Å². The second-order valence-corrected chi connectivity index (χ2v) is 11.3. The number of carbonyl (C=O) groups is 1. The lowest BCUT2D eigenvalue weighted by molar-refractivity contribution is 0.0695.